The molecule has 0 spiro atoms. The van der Waals surface area contributed by atoms with Gasteiger partial charge in [-0.15, -0.1) is 10.2 Å². The number of ether oxygens (including phenoxy) is 1. The number of amides is 1. The second-order valence-electron chi connectivity index (χ2n) is 7.52. The van der Waals surface area contributed by atoms with Gasteiger partial charge < -0.3 is 10.1 Å². The molecule has 1 N–H and O–H groups in total. The number of aryl methyl sites for hydroxylation is 1. The second kappa shape index (κ2) is 11.0. The van der Waals surface area contributed by atoms with Crippen LogP contribution in [-0.4, -0.2) is 27.8 Å². The highest BCUT2D eigenvalue weighted by Crippen LogP contribution is 2.31. The largest absolute Gasteiger partial charge is 0.497 e. The fourth-order valence-corrected chi connectivity index (χ4v) is 4.64. The van der Waals surface area contributed by atoms with Crippen LogP contribution in [0.5, 0.6) is 5.75 Å². The number of aromatic nitrogens is 3. The molecule has 0 aliphatic rings. The molecule has 0 aliphatic heterocycles. The van der Waals surface area contributed by atoms with Gasteiger partial charge >= 0.3 is 0 Å². The molecule has 0 aliphatic carbocycles. The second-order valence-corrected chi connectivity index (χ2v) is 9.30. The minimum atomic E-state index is -0.233. The van der Waals surface area contributed by atoms with E-state index in [-0.39, 0.29) is 12.5 Å². The number of methoxy groups -OCH3 is 1. The van der Waals surface area contributed by atoms with Gasteiger partial charge in [-0.3, -0.25) is 9.36 Å². The van der Waals surface area contributed by atoms with Gasteiger partial charge in [-0.2, -0.15) is 0 Å². The summed E-state index contributed by atoms with van der Waals surface area (Å²) in [5.74, 6) is 1.69. The first-order valence-corrected chi connectivity index (χ1v) is 12.2. The standard InChI is InChI=1S/C25H22Cl2N4O2S/c1-16-4-3-5-17(12-16)15-34-25-30-29-23(31(25)22-13-19(26)8-11-21(22)27)14-28-24(32)18-6-9-20(33-2)10-7-18/h3-13H,14-15H2,1-2H3,(H,28,32). The Morgan fingerprint density at radius 3 is 2.59 bits per heavy atom. The topological polar surface area (TPSA) is 69.0 Å². The van der Waals surface area contributed by atoms with E-state index >= 15 is 0 Å². The summed E-state index contributed by atoms with van der Waals surface area (Å²) in [6.07, 6.45) is 0. The number of halogens is 2. The van der Waals surface area contributed by atoms with E-state index in [4.69, 9.17) is 27.9 Å². The minimum absolute atomic E-state index is 0.158. The molecule has 0 radical (unpaired) electrons. The summed E-state index contributed by atoms with van der Waals surface area (Å²) in [5.41, 5.74) is 3.53. The molecule has 6 nitrogen and oxygen atoms in total. The first-order chi connectivity index (χ1) is 16.4. The third-order valence-corrected chi connectivity index (χ3v) is 6.61. The number of benzene rings is 3. The maximum absolute atomic E-state index is 12.7. The van der Waals surface area contributed by atoms with Crippen molar-refractivity contribution in [3.63, 3.8) is 0 Å². The Morgan fingerprint density at radius 1 is 1.06 bits per heavy atom. The number of rotatable bonds is 8. The highest BCUT2D eigenvalue weighted by Gasteiger charge is 2.18. The van der Waals surface area contributed by atoms with Gasteiger partial charge in [-0.25, -0.2) is 0 Å². The van der Waals surface area contributed by atoms with E-state index in [1.54, 1.807) is 49.6 Å². The van der Waals surface area contributed by atoms with E-state index in [2.05, 4.69) is 40.6 Å². The van der Waals surface area contributed by atoms with Crippen LogP contribution in [0.25, 0.3) is 5.69 Å². The van der Waals surface area contributed by atoms with Crippen LogP contribution in [0.4, 0.5) is 0 Å². The van der Waals surface area contributed by atoms with Crippen LogP contribution < -0.4 is 10.1 Å². The molecule has 3 aromatic carbocycles. The highest BCUT2D eigenvalue weighted by atomic mass is 35.5. The Balaban J connectivity index is 1.59. The third kappa shape index (κ3) is 5.73. The lowest BCUT2D eigenvalue weighted by Crippen LogP contribution is -2.24. The fourth-order valence-electron chi connectivity index (χ4n) is 3.36. The van der Waals surface area contributed by atoms with Gasteiger partial charge in [0.1, 0.15) is 5.75 Å². The zero-order chi connectivity index (χ0) is 24.1. The third-order valence-electron chi connectivity index (χ3n) is 5.06. The summed E-state index contributed by atoms with van der Waals surface area (Å²) in [6, 6.07) is 20.4. The van der Waals surface area contributed by atoms with Crippen LogP contribution >= 0.6 is 35.0 Å². The molecule has 174 valence electrons. The first-order valence-electron chi connectivity index (χ1n) is 10.4. The lowest BCUT2D eigenvalue weighted by molar-refractivity contribution is 0.0949. The Kier molecular flexibility index (Phi) is 7.77. The average Bonchev–Trinajstić information content (AvgIpc) is 3.25. The number of nitrogens with one attached hydrogen (secondary N) is 1. The predicted molar refractivity (Wildman–Crippen MR) is 136 cm³/mol. The Hall–Kier alpha value is -3.00. The number of carbonyl (C=O) groups is 1. The molecular weight excluding hydrogens is 491 g/mol. The quantitative estimate of drug-likeness (QED) is 0.288. The number of carbonyl (C=O) groups excluding carboxylic acids is 1. The van der Waals surface area contributed by atoms with Gasteiger partial charge in [0.25, 0.3) is 5.91 Å². The van der Waals surface area contributed by atoms with Crippen molar-refractivity contribution in [2.24, 2.45) is 0 Å². The monoisotopic (exact) mass is 512 g/mol. The summed E-state index contributed by atoms with van der Waals surface area (Å²) in [7, 11) is 1.58. The molecule has 0 fully saturated rings. The Bertz CT molecular complexity index is 1310. The zero-order valence-electron chi connectivity index (χ0n) is 18.6. The van der Waals surface area contributed by atoms with E-state index in [9.17, 15) is 4.79 Å². The molecule has 1 amide bonds. The van der Waals surface area contributed by atoms with Gasteiger partial charge in [0.15, 0.2) is 11.0 Å². The summed E-state index contributed by atoms with van der Waals surface area (Å²) >= 11 is 14.3. The van der Waals surface area contributed by atoms with Crippen molar-refractivity contribution in [1.82, 2.24) is 20.1 Å². The molecule has 1 heterocycles. The van der Waals surface area contributed by atoms with Crippen LogP contribution in [0.1, 0.15) is 27.3 Å². The number of hydrogen-bond donors (Lipinski definition) is 1. The van der Waals surface area contributed by atoms with Crippen LogP contribution in [0.2, 0.25) is 10.0 Å². The minimum Gasteiger partial charge on any atom is -0.497 e. The Labute approximate surface area is 212 Å². The van der Waals surface area contributed by atoms with Crippen LogP contribution in [-0.2, 0) is 12.3 Å². The lowest BCUT2D eigenvalue weighted by Gasteiger charge is -2.13. The van der Waals surface area contributed by atoms with Crippen molar-refractivity contribution < 1.29 is 9.53 Å². The number of nitrogens with zero attached hydrogens (tertiary/aromatic N) is 3. The smallest absolute Gasteiger partial charge is 0.251 e. The molecule has 0 unspecified atom stereocenters. The van der Waals surface area contributed by atoms with E-state index in [1.165, 1.54) is 22.9 Å². The molecule has 0 bridgehead atoms. The number of thioether (sulfide) groups is 1. The van der Waals surface area contributed by atoms with Crippen LogP contribution in [0.15, 0.2) is 71.9 Å². The maximum Gasteiger partial charge on any atom is 0.251 e. The molecule has 1 aromatic heterocycles. The molecule has 9 heteroatoms. The molecule has 4 rings (SSSR count). The zero-order valence-corrected chi connectivity index (χ0v) is 20.9. The van der Waals surface area contributed by atoms with Crippen molar-refractivity contribution in [1.29, 1.82) is 0 Å². The average molecular weight is 513 g/mol. The normalized spacial score (nSPS) is 10.8. The first kappa shape index (κ1) is 24.1. The maximum atomic E-state index is 12.7. The van der Waals surface area contributed by atoms with Gasteiger partial charge in [0, 0.05) is 16.3 Å². The van der Waals surface area contributed by atoms with Crippen molar-refractivity contribution in [3.05, 3.63) is 99.3 Å². The molecule has 0 saturated carbocycles. The molecule has 0 atom stereocenters. The van der Waals surface area contributed by atoms with Crippen LogP contribution in [0.3, 0.4) is 0 Å². The van der Waals surface area contributed by atoms with Gasteiger partial charge in [-0.05, 0) is 55.0 Å². The summed E-state index contributed by atoms with van der Waals surface area (Å²) in [4.78, 5) is 12.7. The van der Waals surface area contributed by atoms with Gasteiger partial charge in [0.2, 0.25) is 0 Å². The van der Waals surface area contributed by atoms with E-state index < -0.39 is 0 Å². The highest BCUT2D eigenvalue weighted by molar-refractivity contribution is 7.98. The summed E-state index contributed by atoms with van der Waals surface area (Å²) in [6.45, 7) is 2.22. The van der Waals surface area contributed by atoms with E-state index in [1.807, 2.05) is 10.6 Å². The molecule has 4 aromatic rings. The fraction of sp³-hybridized carbons (Fsp3) is 0.160. The number of hydrogen-bond acceptors (Lipinski definition) is 5. The summed E-state index contributed by atoms with van der Waals surface area (Å²) in [5, 5.41) is 13.3. The van der Waals surface area contributed by atoms with E-state index in [0.717, 1.165) is 0 Å². The van der Waals surface area contributed by atoms with Crippen molar-refractivity contribution in [2.45, 2.75) is 24.4 Å². The molecule has 0 saturated heterocycles. The van der Waals surface area contributed by atoms with E-state index in [0.29, 0.717) is 43.8 Å². The predicted octanol–water partition coefficient (Wildman–Crippen LogP) is 6.11. The molecular formula is C25H22Cl2N4O2S. The van der Waals surface area contributed by atoms with Gasteiger partial charge in [0.05, 0.1) is 24.4 Å². The van der Waals surface area contributed by atoms with Crippen LogP contribution in [0, 0.1) is 6.92 Å². The van der Waals surface area contributed by atoms with Crippen molar-refractivity contribution in [2.75, 3.05) is 7.11 Å². The van der Waals surface area contributed by atoms with Crippen molar-refractivity contribution >= 4 is 40.9 Å². The molecule has 34 heavy (non-hydrogen) atoms. The Morgan fingerprint density at radius 2 is 1.85 bits per heavy atom. The summed E-state index contributed by atoms with van der Waals surface area (Å²) < 4.78 is 6.99. The SMILES string of the molecule is COc1ccc(C(=O)NCc2nnc(SCc3cccc(C)c3)n2-c2cc(Cl)ccc2Cl)cc1. The van der Waals surface area contributed by atoms with Gasteiger partial charge in [-0.1, -0.05) is 64.8 Å². The lowest BCUT2D eigenvalue weighted by atomic mass is 10.2. The van der Waals surface area contributed by atoms with Crippen molar-refractivity contribution in [3.8, 4) is 11.4 Å².